The van der Waals surface area contributed by atoms with Gasteiger partial charge in [0.05, 0.1) is 12.2 Å². The van der Waals surface area contributed by atoms with Crippen molar-refractivity contribution in [1.29, 1.82) is 0 Å². The molecular weight excluding hydrogens is 334 g/mol. The van der Waals surface area contributed by atoms with Crippen LogP contribution in [0.5, 0.6) is 5.75 Å². The van der Waals surface area contributed by atoms with E-state index in [1.807, 2.05) is 44.2 Å². The monoisotopic (exact) mass is 353 g/mol. The number of hydrogen-bond donors (Lipinski definition) is 1. The number of hydrogen-bond acceptors (Lipinski definition) is 5. The third kappa shape index (κ3) is 3.28. The second kappa shape index (κ2) is 7.07. The molecule has 0 radical (unpaired) electrons. The third-order valence-electron chi connectivity index (χ3n) is 4.10. The van der Waals surface area contributed by atoms with Gasteiger partial charge in [-0.3, -0.25) is 0 Å². The molecule has 0 spiro atoms. The first kappa shape index (κ1) is 17.2. The molecule has 5 heteroatoms. The number of fused-ring (bicyclic) bond motifs is 1. The SMILES string of the molecule is CCOC(=O)c1c(/N=C/c2c(O)ccc3ccccc23)sc(C)c1C. The minimum absolute atomic E-state index is 0.158. The Balaban J connectivity index is 2.08. The molecule has 4 nitrogen and oxygen atoms in total. The Morgan fingerprint density at radius 1 is 1.24 bits per heavy atom. The predicted octanol–water partition coefficient (Wildman–Crippen LogP) is 5.15. The molecule has 1 aromatic heterocycles. The lowest BCUT2D eigenvalue weighted by Gasteiger charge is -2.05. The van der Waals surface area contributed by atoms with E-state index in [9.17, 15) is 9.90 Å². The van der Waals surface area contributed by atoms with Gasteiger partial charge in [-0.15, -0.1) is 11.3 Å². The molecule has 25 heavy (non-hydrogen) atoms. The Bertz CT molecular complexity index is 972. The minimum Gasteiger partial charge on any atom is -0.507 e. The van der Waals surface area contributed by atoms with Crippen molar-refractivity contribution in [2.24, 2.45) is 4.99 Å². The number of esters is 1. The molecule has 0 saturated heterocycles. The van der Waals surface area contributed by atoms with Crippen molar-refractivity contribution in [2.45, 2.75) is 20.8 Å². The van der Waals surface area contributed by atoms with E-state index in [1.54, 1.807) is 19.2 Å². The number of rotatable bonds is 4. The number of aliphatic imine (C=N–C) groups is 1. The third-order valence-corrected chi connectivity index (χ3v) is 5.22. The van der Waals surface area contributed by atoms with Gasteiger partial charge in [0.15, 0.2) is 0 Å². The van der Waals surface area contributed by atoms with E-state index in [0.29, 0.717) is 22.7 Å². The highest BCUT2D eigenvalue weighted by atomic mass is 32.1. The highest BCUT2D eigenvalue weighted by Gasteiger charge is 2.20. The molecule has 0 fully saturated rings. The fraction of sp³-hybridized carbons (Fsp3) is 0.200. The Morgan fingerprint density at radius 2 is 2.00 bits per heavy atom. The van der Waals surface area contributed by atoms with Crippen LogP contribution in [0.2, 0.25) is 0 Å². The summed E-state index contributed by atoms with van der Waals surface area (Å²) in [7, 11) is 0. The molecule has 1 heterocycles. The summed E-state index contributed by atoms with van der Waals surface area (Å²) < 4.78 is 5.15. The quantitative estimate of drug-likeness (QED) is 0.521. The second-order valence-electron chi connectivity index (χ2n) is 5.66. The van der Waals surface area contributed by atoms with Gasteiger partial charge in [-0.1, -0.05) is 30.3 Å². The van der Waals surface area contributed by atoms with Crippen molar-refractivity contribution >= 4 is 39.3 Å². The van der Waals surface area contributed by atoms with Crippen molar-refractivity contribution in [2.75, 3.05) is 6.61 Å². The van der Waals surface area contributed by atoms with Crippen LogP contribution in [0.3, 0.4) is 0 Å². The lowest BCUT2D eigenvalue weighted by atomic mass is 10.0. The summed E-state index contributed by atoms with van der Waals surface area (Å²) in [5, 5.41) is 12.8. The first-order valence-electron chi connectivity index (χ1n) is 8.04. The van der Waals surface area contributed by atoms with Crippen molar-refractivity contribution in [3.05, 3.63) is 58.0 Å². The fourth-order valence-corrected chi connectivity index (χ4v) is 3.68. The first-order valence-corrected chi connectivity index (χ1v) is 8.86. The van der Waals surface area contributed by atoms with Crippen molar-refractivity contribution in [3.8, 4) is 5.75 Å². The van der Waals surface area contributed by atoms with Gasteiger partial charge in [0.1, 0.15) is 10.8 Å². The number of nitrogens with zero attached hydrogens (tertiary/aromatic N) is 1. The number of aromatic hydroxyl groups is 1. The highest BCUT2D eigenvalue weighted by Crippen LogP contribution is 2.36. The molecule has 0 aliphatic rings. The van der Waals surface area contributed by atoms with Crippen LogP contribution >= 0.6 is 11.3 Å². The second-order valence-corrected chi connectivity index (χ2v) is 6.86. The molecule has 0 aliphatic carbocycles. The van der Waals surface area contributed by atoms with Crippen LogP contribution in [-0.4, -0.2) is 23.9 Å². The highest BCUT2D eigenvalue weighted by molar-refractivity contribution is 7.16. The molecule has 128 valence electrons. The van der Waals surface area contributed by atoms with Gasteiger partial charge >= 0.3 is 5.97 Å². The maximum atomic E-state index is 12.3. The van der Waals surface area contributed by atoms with Gasteiger partial charge < -0.3 is 9.84 Å². The molecule has 0 bridgehead atoms. The summed E-state index contributed by atoms with van der Waals surface area (Å²) in [6, 6.07) is 11.3. The number of thiophene rings is 1. The van der Waals surface area contributed by atoms with Crippen LogP contribution < -0.4 is 0 Å². The zero-order valence-electron chi connectivity index (χ0n) is 14.4. The van der Waals surface area contributed by atoms with E-state index in [0.717, 1.165) is 21.2 Å². The summed E-state index contributed by atoms with van der Waals surface area (Å²) in [5.41, 5.74) is 2.02. The van der Waals surface area contributed by atoms with E-state index in [4.69, 9.17) is 4.74 Å². The molecule has 0 atom stereocenters. The minimum atomic E-state index is -0.362. The molecule has 1 N–H and O–H groups in total. The van der Waals surface area contributed by atoms with Gasteiger partial charge in [0, 0.05) is 16.7 Å². The molecule has 0 unspecified atom stereocenters. The number of benzene rings is 2. The molecule has 0 aliphatic heterocycles. The van der Waals surface area contributed by atoms with Gasteiger partial charge in [-0.2, -0.15) is 0 Å². The Kier molecular flexibility index (Phi) is 4.86. The summed E-state index contributed by atoms with van der Waals surface area (Å²) >= 11 is 1.45. The summed E-state index contributed by atoms with van der Waals surface area (Å²) in [6.07, 6.45) is 1.62. The van der Waals surface area contributed by atoms with Crippen LogP contribution in [0.25, 0.3) is 10.8 Å². The molecule has 3 aromatic rings. The normalized spacial score (nSPS) is 11.3. The van der Waals surface area contributed by atoms with Crippen LogP contribution in [0.15, 0.2) is 41.4 Å². The zero-order chi connectivity index (χ0) is 18.0. The van der Waals surface area contributed by atoms with Crippen LogP contribution in [-0.2, 0) is 4.74 Å². The van der Waals surface area contributed by atoms with E-state index in [-0.39, 0.29) is 11.7 Å². The predicted molar refractivity (Wildman–Crippen MR) is 103 cm³/mol. The molecule has 2 aromatic carbocycles. The van der Waals surface area contributed by atoms with Crippen molar-refractivity contribution in [1.82, 2.24) is 0 Å². The molecule has 0 amide bonds. The number of phenolic OH excluding ortho intramolecular Hbond substituents is 1. The van der Waals surface area contributed by atoms with Crippen LogP contribution in [0.4, 0.5) is 5.00 Å². The fourth-order valence-electron chi connectivity index (χ4n) is 2.69. The van der Waals surface area contributed by atoms with Crippen molar-refractivity contribution < 1.29 is 14.6 Å². The summed E-state index contributed by atoms with van der Waals surface area (Å²) in [5.74, 6) is -0.205. The first-order chi connectivity index (χ1) is 12.0. The molecular formula is C20H19NO3S. The summed E-state index contributed by atoms with van der Waals surface area (Å²) in [6.45, 7) is 5.95. The summed E-state index contributed by atoms with van der Waals surface area (Å²) in [4.78, 5) is 17.8. The topological polar surface area (TPSA) is 58.9 Å². The lowest BCUT2D eigenvalue weighted by molar-refractivity contribution is 0.0527. The molecule has 0 saturated carbocycles. The lowest BCUT2D eigenvalue weighted by Crippen LogP contribution is -2.05. The largest absolute Gasteiger partial charge is 0.507 e. The Morgan fingerprint density at radius 3 is 2.76 bits per heavy atom. The van der Waals surface area contributed by atoms with Crippen LogP contribution in [0, 0.1) is 13.8 Å². The number of carbonyl (C=O) groups excluding carboxylic acids is 1. The standard InChI is InChI=1S/C20H19NO3S/c1-4-24-20(23)18-12(2)13(3)25-19(18)21-11-16-15-8-6-5-7-14(15)9-10-17(16)22/h5-11,22H,4H2,1-3H3/b21-11+. The van der Waals surface area contributed by atoms with E-state index in [2.05, 4.69) is 4.99 Å². The van der Waals surface area contributed by atoms with E-state index in [1.165, 1.54) is 11.3 Å². The van der Waals surface area contributed by atoms with Crippen molar-refractivity contribution in [3.63, 3.8) is 0 Å². The smallest absolute Gasteiger partial charge is 0.341 e. The average molecular weight is 353 g/mol. The van der Waals surface area contributed by atoms with Gasteiger partial charge in [-0.05, 0) is 43.2 Å². The van der Waals surface area contributed by atoms with E-state index >= 15 is 0 Å². The zero-order valence-corrected chi connectivity index (χ0v) is 15.2. The number of carbonyl (C=O) groups is 1. The average Bonchev–Trinajstić information content (AvgIpc) is 2.88. The number of phenols is 1. The van der Waals surface area contributed by atoms with E-state index < -0.39 is 0 Å². The van der Waals surface area contributed by atoms with Gasteiger partial charge in [0.25, 0.3) is 0 Å². The van der Waals surface area contributed by atoms with Gasteiger partial charge in [-0.25, -0.2) is 9.79 Å². The Labute approximate surface area is 150 Å². The Hall–Kier alpha value is -2.66. The molecule has 3 rings (SSSR count). The number of aryl methyl sites for hydroxylation is 1. The maximum Gasteiger partial charge on any atom is 0.341 e. The van der Waals surface area contributed by atoms with Crippen LogP contribution in [0.1, 0.15) is 33.3 Å². The maximum absolute atomic E-state index is 12.3. The number of ether oxygens (including phenoxy) is 1. The van der Waals surface area contributed by atoms with Gasteiger partial charge in [0.2, 0.25) is 0 Å².